The van der Waals surface area contributed by atoms with Crippen molar-refractivity contribution in [2.24, 2.45) is 0 Å². The number of hydrogen-bond donors (Lipinski definition) is 0. The fourth-order valence-electron chi connectivity index (χ4n) is 1.83. The average molecular weight is 319 g/mol. The highest BCUT2D eigenvalue weighted by atomic mass is 79.9. The molecule has 0 spiro atoms. The second-order valence-electron chi connectivity index (χ2n) is 4.06. The fourth-order valence-corrected chi connectivity index (χ4v) is 2.39. The molecule has 1 aromatic rings. The molecule has 1 fully saturated rings. The van der Waals surface area contributed by atoms with Crippen LogP contribution in [0.5, 0.6) is 0 Å². The van der Waals surface area contributed by atoms with Crippen LogP contribution in [0.2, 0.25) is 5.02 Å². The summed E-state index contributed by atoms with van der Waals surface area (Å²) in [4.78, 5) is 14.1. The van der Waals surface area contributed by atoms with E-state index in [-0.39, 0.29) is 12.0 Å². The van der Waals surface area contributed by atoms with Crippen molar-refractivity contribution in [1.29, 1.82) is 0 Å². The summed E-state index contributed by atoms with van der Waals surface area (Å²) >= 11 is 9.39. The molecule has 2 rings (SSSR count). The van der Waals surface area contributed by atoms with Crippen molar-refractivity contribution in [2.75, 3.05) is 19.7 Å². The second kappa shape index (κ2) is 5.38. The third-order valence-corrected chi connectivity index (χ3v) is 3.51. The summed E-state index contributed by atoms with van der Waals surface area (Å²) in [5.74, 6) is -0.0357. The van der Waals surface area contributed by atoms with Crippen molar-refractivity contribution in [1.82, 2.24) is 4.90 Å². The zero-order valence-electron chi connectivity index (χ0n) is 9.45. The lowest BCUT2D eigenvalue weighted by molar-refractivity contribution is -0.0124. The van der Waals surface area contributed by atoms with Crippen molar-refractivity contribution in [3.05, 3.63) is 33.3 Å². The number of rotatable bonds is 1. The van der Waals surface area contributed by atoms with E-state index >= 15 is 0 Å². The smallest absolute Gasteiger partial charge is 0.255 e. The second-order valence-corrected chi connectivity index (χ2v) is 5.38. The molecule has 1 heterocycles. The van der Waals surface area contributed by atoms with Crippen LogP contribution >= 0.6 is 27.5 Å². The molecule has 92 valence electrons. The summed E-state index contributed by atoms with van der Waals surface area (Å²) in [6.07, 6.45) is 0.0821. The lowest BCUT2D eigenvalue weighted by Gasteiger charge is -2.31. The van der Waals surface area contributed by atoms with Crippen LogP contribution in [0.3, 0.4) is 0 Å². The Bertz CT molecular complexity index is 439. The molecule has 1 atom stereocenters. The number of carbonyl (C=O) groups excluding carboxylic acids is 1. The van der Waals surface area contributed by atoms with Gasteiger partial charge in [-0.25, -0.2) is 0 Å². The minimum absolute atomic E-state index is 0.0357. The maximum absolute atomic E-state index is 12.3. The molecule has 1 aliphatic heterocycles. The Morgan fingerprint density at radius 3 is 3.06 bits per heavy atom. The topological polar surface area (TPSA) is 29.5 Å². The fraction of sp³-hybridized carbons (Fsp3) is 0.417. The van der Waals surface area contributed by atoms with E-state index in [9.17, 15) is 4.79 Å². The largest absolute Gasteiger partial charge is 0.375 e. The Hall–Kier alpha value is -0.580. The summed E-state index contributed by atoms with van der Waals surface area (Å²) in [5.41, 5.74) is 0.537. The van der Waals surface area contributed by atoms with Gasteiger partial charge in [0.1, 0.15) is 0 Å². The standard InChI is InChI=1S/C12H13BrClNO2/c1-8-7-15(4-5-17-8)12(16)10-6-9(13)2-3-11(10)14/h2-3,6,8H,4-5,7H2,1H3/t8-/m0/s1. The normalized spacial score (nSPS) is 20.4. The van der Waals surface area contributed by atoms with Crippen LogP contribution < -0.4 is 0 Å². The van der Waals surface area contributed by atoms with Crippen LogP contribution in [0.15, 0.2) is 22.7 Å². The van der Waals surface area contributed by atoms with Gasteiger partial charge in [0, 0.05) is 17.6 Å². The number of ether oxygens (including phenoxy) is 1. The van der Waals surface area contributed by atoms with Gasteiger partial charge in [-0.05, 0) is 25.1 Å². The molecule has 3 nitrogen and oxygen atoms in total. The van der Waals surface area contributed by atoms with E-state index in [1.54, 1.807) is 17.0 Å². The van der Waals surface area contributed by atoms with E-state index in [0.717, 1.165) is 4.47 Å². The van der Waals surface area contributed by atoms with Gasteiger partial charge in [-0.15, -0.1) is 0 Å². The zero-order chi connectivity index (χ0) is 12.4. The number of amides is 1. The van der Waals surface area contributed by atoms with E-state index in [1.165, 1.54) is 0 Å². The molecule has 5 heteroatoms. The van der Waals surface area contributed by atoms with Crippen LogP contribution in [-0.2, 0) is 4.74 Å². The molecule has 0 unspecified atom stereocenters. The summed E-state index contributed by atoms with van der Waals surface area (Å²) in [7, 11) is 0. The molecule has 0 bridgehead atoms. The third-order valence-electron chi connectivity index (χ3n) is 2.69. The average Bonchev–Trinajstić information content (AvgIpc) is 2.31. The van der Waals surface area contributed by atoms with Crippen LogP contribution in [0.4, 0.5) is 0 Å². The maximum atomic E-state index is 12.3. The molecular formula is C12H13BrClNO2. The predicted molar refractivity (Wildman–Crippen MR) is 70.5 cm³/mol. The first-order valence-electron chi connectivity index (χ1n) is 5.44. The molecule has 0 saturated carbocycles. The molecule has 17 heavy (non-hydrogen) atoms. The lowest BCUT2D eigenvalue weighted by atomic mass is 10.2. The number of nitrogens with zero attached hydrogens (tertiary/aromatic N) is 1. The summed E-state index contributed by atoms with van der Waals surface area (Å²) in [5, 5.41) is 0.484. The van der Waals surface area contributed by atoms with Crippen molar-refractivity contribution in [3.63, 3.8) is 0 Å². The molecule has 1 saturated heterocycles. The number of hydrogen-bond acceptors (Lipinski definition) is 2. The van der Waals surface area contributed by atoms with Gasteiger partial charge in [0.25, 0.3) is 5.91 Å². The van der Waals surface area contributed by atoms with E-state index < -0.39 is 0 Å². The number of carbonyl (C=O) groups is 1. The molecule has 0 aromatic heterocycles. The summed E-state index contributed by atoms with van der Waals surface area (Å²) in [6, 6.07) is 5.30. The first kappa shape index (κ1) is 12.9. The number of halogens is 2. The van der Waals surface area contributed by atoms with Gasteiger partial charge < -0.3 is 9.64 Å². The Labute approximate surface area is 114 Å². The van der Waals surface area contributed by atoms with Crippen LogP contribution in [0.1, 0.15) is 17.3 Å². The lowest BCUT2D eigenvalue weighted by Crippen LogP contribution is -2.44. The first-order chi connectivity index (χ1) is 8.08. The van der Waals surface area contributed by atoms with Crippen molar-refractivity contribution < 1.29 is 9.53 Å². The molecule has 0 aliphatic carbocycles. The molecular weight excluding hydrogens is 305 g/mol. The van der Waals surface area contributed by atoms with Crippen LogP contribution in [0, 0.1) is 0 Å². The Morgan fingerprint density at radius 2 is 2.35 bits per heavy atom. The predicted octanol–water partition coefficient (Wildman–Crippen LogP) is 2.96. The number of benzene rings is 1. The van der Waals surface area contributed by atoms with Gasteiger partial charge in [0.2, 0.25) is 0 Å². The quantitative estimate of drug-likeness (QED) is 0.797. The van der Waals surface area contributed by atoms with Gasteiger partial charge in [-0.3, -0.25) is 4.79 Å². The zero-order valence-corrected chi connectivity index (χ0v) is 11.8. The minimum Gasteiger partial charge on any atom is -0.375 e. The maximum Gasteiger partial charge on any atom is 0.255 e. The van der Waals surface area contributed by atoms with Gasteiger partial charge in [0.05, 0.1) is 23.3 Å². The Morgan fingerprint density at radius 1 is 1.59 bits per heavy atom. The minimum atomic E-state index is -0.0357. The third kappa shape index (κ3) is 3.00. The highest BCUT2D eigenvalue weighted by Gasteiger charge is 2.23. The number of morpholine rings is 1. The van der Waals surface area contributed by atoms with E-state index in [2.05, 4.69) is 15.9 Å². The highest BCUT2D eigenvalue weighted by molar-refractivity contribution is 9.10. The van der Waals surface area contributed by atoms with Gasteiger partial charge >= 0.3 is 0 Å². The molecule has 0 N–H and O–H groups in total. The van der Waals surface area contributed by atoms with Crippen molar-refractivity contribution in [3.8, 4) is 0 Å². The molecule has 1 aromatic carbocycles. The van der Waals surface area contributed by atoms with Crippen LogP contribution in [-0.4, -0.2) is 36.6 Å². The monoisotopic (exact) mass is 317 g/mol. The van der Waals surface area contributed by atoms with E-state index in [1.807, 2.05) is 13.0 Å². The molecule has 0 radical (unpaired) electrons. The molecule has 1 aliphatic rings. The van der Waals surface area contributed by atoms with Crippen molar-refractivity contribution in [2.45, 2.75) is 13.0 Å². The Balaban J connectivity index is 2.21. The van der Waals surface area contributed by atoms with E-state index in [4.69, 9.17) is 16.3 Å². The van der Waals surface area contributed by atoms with Crippen LogP contribution in [0.25, 0.3) is 0 Å². The highest BCUT2D eigenvalue weighted by Crippen LogP contribution is 2.23. The SMILES string of the molecule is C[C@H]1CN(C(=O)c2cc(Br)ccc2Cl)CCO1. The van der Waals surface area contributed by atoms with E-state index in [0.29, 0.717) is 30.3 Å². The molecule has 1 amide bonds. The van der Waals surface area contributed by atoms with Gasteiger partial charge in [0.15, 0.2) is 0 Å². The van der Waals surface area contributed by atoms with Gasteiger partial charge in [-0.1, -0.05) is 27.5 Å². The summed E-state index contributed by atoms with van der Waals surface area (Å²) in [6.45, 7) is 3.77. The van der Waals surface area contributed by atoms with Crippen molar-refractivity contribution >= 4 is 33.4 Å². The summed E-state index contributed by atoms with van der Waals surface area (Å²) < 4.78 is 6.27. The first-order valence-corrected chi connectivity index (χ1v) is 6.61. The Kier molecular flexibility index (Phi) is 4.07. The van der Waals surface area contributed by atoms with Gasteiger partial charge in [-0.2, -0.15) is 0 Å².